The Bertz CT molecular complexity index is 639. The van der Waals surface area contributed by atoms with Crippen molar-refractivity contribution in [1.29, 1.82) is 0 Å². The first-order valence-electron chi connectivity index (χ1n) is 8.29. The summed E-state index contributed by atoms with van der Waals surface area (Å²) in [7, 11) is 0. The number of halogens is 1. The quantitative estimate of drug-likeness (QED) is 0.899. The molecule has 1 aliphatic heterocycles. The molecule has 0 bridgehead atoms. The number of nitrogens with zero attached hydrogens (tertiary/aromatic N) is 4. The van der Waals surface area contributed by atoms with E-state index in [1.807, 2.05) is 35.2 Å². The fourth-order valence-electron chi connectivity index (χ4n) is 3.00. The van der Waals surface area contributed by atoms with Gasteiger partial charge < -0.3 is 10.2 Å². The first-order valence-corrected chi connectivity index (χ1v) is 8.29. The van der Waals surface area contributed by atoms with Gasteiger partial charge in [-0.2, -0.15) is 9.90 Å². The van der Waals surface area contributed by atoms with Crippen molar-refractivity contribution in [1.82, 2.24) is 25.2 Å². The van der Waals surface area contributed by atoms with Gasteiger partial charge in [0.05, 0.1) is 11.9 Å². The summed E-state index contributed by atoms with van der Waals surface area (Å²) < 4.78 is 0. The van der Waals surface area contributed by atoms with E-state index in [0.717, 1.165) is 44.6 Å². The number of nitrogens with one attached hydrogen (secondary N) is 1. The van der Waals surface area contributed by atoms with Crippen LogP contribution in [0.3, 0.4) is 0 Å². The van der Waals surface area contributed by atoms with Gasteiger partial charge in [0, 0.05) is 12.6 Å². The van der Waals surface area contributed by atoms with Crippen molar-refractivity contribution < 1.29 is 4.79 Å². The monoisotopic (exact) mass is 349 g/mol. The molecule has 0 atom stereocenters. The molecule has 1 N–H and O–H groups in total. The number of hydrogen-bond acceptors (Lipinski definition) is 4. The van der Waals surface area contributed by atoms with Crippen LogP contribution in [0.2, 0.25) is 0 Å². The predicted molar refractivity (Wildman–Crippen MR) is 95.8 cm³/mol. The molecule has 0 spiro atoms. The third-order valence-electron chi connectivity index (χ3n) is 4.17. The Kier molecular flexibility index (Phi) is 6.75. The lowest BCUT2D eigenvalue weighted by molar-refractivity contribution is 0.0636. The van der Waals surface area contributed by atoms with Crippen molar-refractivity contribution in [2.24, 2.45) is 0 Å². The van der Waals surface area contributed by atoms with Gasteiger partial charge in [-0.05, 0) is 44.5 Å². The van der Waals surface area contributed by atoms with E-state index in [1.54, 1.807) is 6.20 Å². The Morgan fingerprint density at radius 2 is 2.00 bits per heavy atom. The van der Waals surface area contributed by atoms with E-state index in [-0.39, 0.29) is 18.3 Å². The molecule has 2 heterocycles. The Hall–Kier alpha value is -1.92. The number of carbonyl (C=O) groups is 1. The molecular formula is C17H24ClN5O. The van der Waals surface area contributed by atoms with Crippen LogP contribution in [0.4, 0.5) is 0 Å². The maximum Gasteiger partial charge on any atom is 0.276 e. The number of benzene rings is 1. The van der Waals surface area contributed by atoms with Gasteiger partial charge >= 0.3 is 0 Å². The molecule has 3 rings (SSSR count). The fourth-order valence-corrected chi connectivity index (χ4v) is 3.00. The summed E-state index contributed by atoms with van der Waals surface area (Å²) in [6.45, 7) is 4.80. The summed E-state index contributed by atoms with van der Waals surface area (Å²) in [6.07, 6.45) is 4.51. The van der Waals surface area contributed by atoms with Crippen LogP contribution in [-0.2, 0) is 0 Å². The average molecular weight is 350 g/mol. The molecule has 1 saturated heterocycles. The Balaban J connectivity index is 0.00000208. The number of hydrogen-bond donors (Lipinski definition) is 1. The van der Waals surface area contributed by atoms with Crippen molar-refractivity contribution in [3.63, 3.8) is 0 Å². The smallest absolute Gasteiger partial charge is 0.276 e. The van der Waals surface area contributed by atoms with Gasteiger partial charge in [0.1, 0.15) is 0 Å². The molecule has 7 heteroatoms. The van der Waals surface area contributed by atoms with E-state index in [0.29, 0.717) is 11.7 Å². The number of rotatable bonds is 5. The summed E-state index contributed by atoms with van der Waals surface area (Å²) in [5.74, 6) is -0.0130. The van der Waals surface area contributed by atoms with Crippen molar-refractivity contribution in [2.45, 2.75) is 32.2 Å². The van der Waals surface area contributed by atoms with E-state index in [4.69, 9.17) is 0 Å². The molecule has 24 heavy (non-hydrogen) atoms. The van der Waals surface area contributed by atoms with Gasteiger partial charge in [0.2, 0.25) is 0 Å². The van der Waals surface area contributed by atoms with Crippen LogP contribution in [0.5, 0.6) is 0 Å². The number of carbonyl (C=O) groups excluding carboxylic acids is 1. The van der Waals surface area contributed by atoms with Crippen LogP contribution in [0.25, 0.3) is 5.69 Å². The van der Waals surface area contributed by atoms with E-state index in [1.165, 1.54) is 4.80 Å². The minimum Gasteiger partial charge on any atom is -0.334 e. The largest absolute Gasteiger partial charge is 0.334 e. The molecule has 1 aromatic heterocycles. The lowest BCUT2D eigenvalue weighted by Gasteiger charge is -2.34. The highest BCUT2D eigenvalue weighted by Crippen LogP contribution is 2.16. The molecule has 130 valence electrons. The molecule has 0 radical (unpaired) electrons. The number of aromatic nitrogens is 3. The van der Waals surface area contributed by atoms with Gasteiger partial charge in [0.15, 0.2) is 5.69 Å². The molecular weight excluding hydrogens is 326 g/mol. The summed E-state index contributed by atoms with van der Waals surface area (Å²) in [5.41, 5.74) is 1.27. The highest BCUT2D eigenvalue weighted by Gasteiger charge is 2.27. The van der Waals surface area contributed by atoms with E-state index in [2.05, 4.69) is 22.4 Å². The maximum atomic E-state index is 12.9. The summed E-state index contributed by atoms with van der Waals surface area (Å²) >= 11 is 0. The first-order chi connectivity index (χ1) is 11.3. The van der Waals surface area contributed by atoms with Crippen LogP contribution in [-0.4, -0.2) is 51.5 Å². The van der Waals surface area contributed by atoms with E-state index < -0.39 is 0 Å². The Labute approximate surface area is 148 Å². The van der Waals surface area contributed by atoms with Crippen molar-refractivity contribution >= 4 is 18.3 Å². The Morgan fingerprint density at radius 1 is 1.29 bits per heavy atom. The fraction of sp³-hybridized carbons (Fsp3) is 0.471. The van der Waals surface area contributed by atoms with Crippen molar-refractivity contribution in [2.75, 3.05) is 19.6 Å². The third-order valence-corrected chi connectivity index (χ3v) is 4.17. The molecule has 6 nitrogen and oxygen atoms in total. The molecule has 0 saturated carbocycles. The zero-order valence-electron chi connectivity index (χ0n) is 13.9. The normalized spacial score (nSPS) is 14.9. The second-order valence-corrected chi connectivity index (χ2v) is 5.83. The van der Waals surface area contributed by atoms with Gasteiger partial charge in [0.25, 0.3) is 5.91 Å². The minimum atomic E-state index is -0.0130. The predicted octanol–water partition coefficient (Wildman–Crippen LogP) is 2.29. The van der Waals surface area contributed by atoms with Gasteiger partial charge in [-0.25, -0.2) is 0 Å². The SMILES string of the molecule is CCCN(C(=O)c1cnn(-c2ccccc2)n1)C1CCNCC1.Cl. The van der Waals surface area contributed by atoms with Crippen LogP contribution >= 0.6 is 12.4 Å². The third kappa shape index (κ3) is 4.13. The second-order valence-electron chi connectivity index (χ2n) is 5.83. The highest BCUT2D eigenvalue weighted by molar-refractivity contribution is 5.92. The van der Waals surface area contributed by atoms with Gasteiger partial charge in [-0.15, -0.1) is 17.5 Å². The topological polar surface area (TPSA) is 63.1 Å². The number of amides is 1. The summed E-state index contributed by atoms with van der Waals surface area (Å²) in [5, 5.41) is 12.0. The van der Waals surface area contributed by atoms with Crippen molar-refractivity contribution in [3.8, 4) is 5.69 Å². The average Bonchev–Trinajstić information content (AvgIpc) is 3.11. The van der Waals surface area contributed by atoms with Gasteiger partial charge in [-0.1, -0.05) is 25.1 Å². The van der Waals surface area contributed by atoms with Crippen LogP contribution in [0, 0.1) is 0 Å². The molecule has 0 aliphatic carbocycles. The molecule has 1 aliphatic rings. The van der Waals surface area contributed by atoms with E-state index >= 15 is 0 Å². The van der Waals surface area contributed by atoms with Crippen LogP contribution in [0.1, 0.15) is 36.7 Å². The molecule has 1 aromatic carbocycles. The van der Waals surface area contributed by atoms with Crippen molar-refractivity contribution in [3.05, 3.63) is 42.2 Å². The minimum absolute atomic E-state index is 0. The first kappa shape index (κ1) is 18.4. The summed E-state index contributed by atoms with van der Waals surface area (Å²) in [6, 6.07) is 9.94. The lowest BCUT2D eigenvalue weighted by atomic mass is 10.0. The zero-order valence-corrected chi connectivity index (χ0v) is 14.7. The second kappa shape index (κ2) is 8.80. The molecule has 1 amide bonds. The van der Waals surface area contributed by atoms with E-state index in [9.17, 15) is 4.79 Å². The standard InChI is InChI=1S/C17H23N5O.ClH/c1-2-12-21(14-8-10-18-11-9-14)17(23)16-13-19-22(20-16)15-6-4-3-5-7-15;/h3-7,13-14,18H,2,8-12H2,1H3;1H. The van der Waals surface area contributed by atoms with Gasteiger partial charge in [-0.3, -0.25) is 4.79 Å². The van der Waals surface area contributed by atoms with Crippen LogP contribution in [0.15, 0.2) is 36.5 Å². The van der Waals surface area contributed by atoms with Crippen LogP contribution < -0.4 is 5.32 Å². The molecule has 1 fully saturated rings. The molecule has 0 unspecified atom stereocenters. The Morgan fingerprint density at radius 3 is 2.67 bits per heavy atom. The maximum absolute atomic E-state index is 12.9. The number of piperidine rings is 1. The summed E-state index contributed by atoms with van der Waals surface area (Å²) in [4.78, 5) is 16.4. The molecule has 2 aromatic rings. The lowest BCUT2D eigenvalue weighted by Crippen LogP contribution is -2.46. The number of para-hydroxylation sites is 1. The zero-order chi connectivity index (χ0) is 16.1. The highest BCUT2D eigenvalue weighted by atomic mass is 35.5.